The summed E-state index contributed by atoms with van der Waals surface area (Å²) in [7, 11) is 0. The number of Topliss-reactive ketones (excluding diaryl/α,β-unsaturated/α-hetero) is 1. The number of rotatable bonds is 4. The Morgan fingerprint density at radius 2 is 1.86 bits per heavy atom. The molecule has 0 bridgehead atoms. The SMILES string of the molecule is O=C(COc1ccc2c(c1)CCC2)c1ccc(F)cc1F. The number of benzene rings is 2. The van der Waals surface area contributed by atoms with E-state index in [9.17, 15) is 13.6 Å². The summed E-state index contributed by atoms with van der Waals surface area (Å²) in [5, 5.41) is 0. The van der Waals surface area contributed by atoms with Gasteiger partial charge in [-0.1, -0.05) is 6.07 Å². The van der Waals surface area contributed by atoms with Crippen molar-refractivity contribution >= 4 is 5.78 Å². The molecule has 0 saturated carbocycles. The molecule has 0 radical (unpaired) electrons. The van der Waals surface area contributed by atoms with Gasteiger partial charge in [-0.2, -0.15) is 0 Å². The zero-order valence-corrected chi connectivity index (χ0v) is 11.4. The van der Waals surface area contributed by atoms with E-state index in [1.54, 1.807) is 0 Å². The molecule has 0 spiro atoms. The minimum atomic E-state index is -0.863. The van der Waals surface area contributed by atoms with Crippen LogP contribution in [-0.4, -0.2) is 12.4 Å². The van der Waals surface area contributed by atoms with Crippen molar-refractivity contribution in [3.63, 3.8) is 0 Å². The summed E-state index contributed by atoms with van der Waals surface area (Å²) in [6.07, 6.45) is 3.24. The van der Waals surface area contributed by atoms with Gasteiger partial charge in [0.05, 0.1) is 5.56 Å². The van der Waals surface area contributed by atoms with Gasteiger partial charge < -0.3 is 4.74 Å². The molecular formula is C17H14F2O2. The van der Waals surface area contributed by atoms with Gasteiger partial charge in [0.25, 0.3) is 0 Å². The number of aryl methyl sites for hydroxylation is 2. The average Bonchev–Trinajstić information content (AvgIpc) is 2.92. The quantitative estimate of drug-likeness (QED) is 0.802. The Labute approximate surface area is 121 Å². The lowest BCUT2D eigenvalue weighted by atomic mass is 10.1. The summed E-state index contributed by atoms with van der Waals surface area (Å²) in [6, 6.07) is 8.64. The second kappa shape index (κ2) is 5.64. The third-order valence-corrected chi connectivity index (χ3v) is 3.67. The monoisotopic (exact) mass is 288 g/mol. The summed E-state index contributed by atoms with van der Waals surface area (Å²) < 4.78 is 31.7. The highest BCUT2D eigenvalue weighted by Crippen LogP contribution is 2.26. The summed E-state index contributed by atoms with van der Waals surface area (Å²) in [5.41, 5.74) is 2.41. The summed E-state index contributed by atoms with van der Waals surface area (Å²) in [6.45, 7) is -0.263. The van der Waals surface area contributed by atoms with Crippen molar-refractivity contribution in [2.24, 2.45) is 0 Å². The Kier molecular flexibility index (Phi) is 3.69. The number of fused-ring (bicyclic) bond motifs is 1. The molecule has 0 aliphatic heterocycles. The van der Waals surface area contributed by atoms with E-state index in [4.69, 9.17) is 4.74 Å². The molecule has 0 N–H and O–H groups in total. The molecule has 4 heteroatoms. The minimum Gasteiger partial charge on any atom is -0.485 e. The van der Waals surface area contributed by atoms with Gasteiger partial charge >= 0.3 is 0 Å². The van der Waals surface area contributed by atoms with Crippen LogP contribution in [0.15, 0.2) is 36.4 Å². The first-order valence-electron chi connectivity index (χ1n) is 6.86. The number of halogens is 2. The largest absolute Gasteiger partial charge is 0.485 e. The Hall–Kier alpha value is -2.23. The highest BCUT2D eigenvalue weighted by Gasteiger charge is 2.15. The normalized spacial score (nSPS) is 13.0. The van der Waals surface area contributed by atoms with Crippen molar-refractivity contribution in [3.05, 3.63) is 64.7 Å². The molecule has 2 nitrogen and oxygen atoms in total. The van der Waals surface area contributed by atoms with Crippen molar-refractivity contribution in [2.75, 3.05) is 6.61 Å². The van der Waals surface area contributed by atoms with Crippen molar-refractivity contribution in [3.8, 4) is 5.75 Å². The summed E-state index contributed by atoms with van der Waals surface area (Å²) in [5.74, 6) is -1.47. The maximum Gasteiger partial charge on any atom is 0.203 e. The molecule has 0 fully saturated rings. The van der Waals surface area contributed by atoms with Gasteiger partial charge in [0.15, 0.2) is 6.61 Å². The molecule has 108 valence electrons. The molecule has 0 atom stereocenters. The molecular weight excluding hydrogens is 274 g/mol. The van der Waals surface area contributed by atoms with Crippen LogP contribution in [0.2, 0.25) is 0 Å². The molecule has 0 heterocycles. The lowest BCUT2D eigenvalue weighted by Gasteiger charge is -2.08. The smallest absolute Gasteiger partial charge is 0.203 e. The van der Waals surface area contributed by atoms with Crippen LogP contribution in [0.4, 0.5) is 8.78 Å². The Bertz CT molecular complexity index is 695. The van der Waals surface area contributed by atoms with Crippen LogP contribution in [-0.2, 0) is 12.8 Å². The lowest BCUT2D eigenvalue weighted by Crippen LogP contribution is -2.13. The van der Waals surface area contributed by atoms with Gasteiger partial charge in [0, 0.05) is 6.07 Å². The standard InChI is InChI=1S/C17H14F2O2/c18-13-5-7-15(16(19)9-13)17(20)10-21-14-6-4-11-2-1-3-12(11)8-14/h4-9H,1-3,10H2. The third kappa shape index (κ3) is 2.94. The first-order valence-corrected chi connectivity index (χ1v) is 6.86. The first-order chi connectivity index (χ1) is 10.1. The van der Waals surface area contributed by atoms with Crippen LogP contribution in [0.5, 0.6) is 5.75 Å². The first kappa shape index (κ1) is 13.7. The van der Waals surface area contributed by atoms with E-state index in [0.717, 1.165) is 31.4 Å². The van der Waals surface area contributed by atoms with Crippen LogP contribution in [0, 0.1) is 11.6 Å². The van der Waals surface area contributed by atoms with Gasteiger partial charge in [0.1, 0.15) is 17.4 Å². The summed E-state index contributed by atoms with van der Waals surface area (Å²) in [4.78, 5) is 11.9. The van der Waals surface area contributed by atoms with Gasteiger partial charge in [-0.15, -0.1) is 0 Å². The van der Waals surface area contributed by atoms with Gasteiger partial charge in [-0.25, -0.2) is 8.78 Å². The predicted octanol–water partition coefficient (Wildman–Crippen LogP) is 3.72. The highest BCUT2D eigenvalue weighted by atomic mass is 19.1. The minimum absolute atomic E-state index is 0.155. The van der Waals surface area contributed by atoms with E-state index in [1.807, 2.05) is 18.2 Å². The van der Waals surface area contributed by atoms with Crippen molar-refractivity contribution < 1.29 is 18.3 Å². The summed E-state index contributed by atoms with van der Waals surface area (Å²) >= 11 is 0. The van der Waals surface area contributed by atoms with Crippen LogP contribution in [0.25, 0.3) is 0 Å². The van der Waals surface area contributed by atoms with Crippen LogP contribution in [0.3, 0.4) is 0 Å². The second-order valence-electron chi connectivity index (χ2n) is 5.12. The van der Waals surface area contributed by atoms with Gasteiger partial charge in [-0.3, -0.25) is 4.79 Å². The van der Waals surface area contributed by atoms with E-state index in [-0.39, 0.29) is 12.2 Å². The maximum absolute atomic E-state index is 13.5. The van der Waals surface area contributed by atoms with Crippen LogP contribution in [0.1, 0.15) is 27.9 Å². The molecule has 3 rings (SSSR count). The molecule has 1 aliphatic rings. The number of hydrogen-bond acceptors (Lipinski definition) is 2. The van der Waals surface area contributed by atoms with E-state index in [2.05, 4.69) is 0 Å². The van der Waals surface area contributed by atoms with E-state index >= 15 is 0 Å². The second-order valence-corrected chi connectivity index (χ2v) is 5.12. The van der Waals surface area contributed by atoms with Crippen molar-refractivity contribution in [2.45, 2.75) is 19.3 Å². The van der Waals surface area contributed by atoms with Gasteiger partial charge in [0.2, 0.25) is 5.78 Å². The molecule has 21 heavy (non-hydrogen) atoms. The number of ether oxygens (including phenoxy) is 1. The highest BCUT2D eigenvalue weighted by molar-refractivity contribution is 5.97. The topological polar surface area (TPSA) is 26.3 Å². The zero-order chi connectivity index (χ0) is 14.8. The number of carbonyl (C=O) groups excluding carboxylic acids is 1. The van der Waals surface area contributed by atoms with Crippen molar-refractivity contribution in [1.82, 2.24) is 0 Å². The number of hydrogen-bond donors (Lipinski definition) is 0. The van der Waals surface area contributed by atoms with E-state index in [1.165, 1.54) is 11.1 Å². The van der Waals surface area contributed by atoms with Crippen molar-refractivity contribution in [1.29, 1.82) is 0 Å². The van der Waals surface area contributed by atoms with Gasteiger partial charge in [-0.05, 0) is 54.7 Å². The maximum atomic E-state index is 13.5. The molecule has 1 aliphatic carbocycles. The van der Waals surface area contributed by atoms with Crippen LogP contribution >= 0.6 is 0 Å². The molecule has 2 aromatic rings. The molecule has 0 unspecified atom stereocenters. The lowest BCUT2D eigenvalue weighted by molar-refractivity contribution is 0.0917. The molecule has 0 amide bonds. The van der Waals surface area contributed by atoms with Crippen LogP contribution < -0.4 is 4.74 Å². The molecule has 0 saturated heterocycles. The Balaban J connectivity index is 1.68. The fraction of sp³-hybridized carbons (Fsp3) is 0.235. The molecule has 0 aromatic heterocycles. The fourth-order valence-electron chi connectivity index (χ4n) is 2.58. The number of ketones is 1. The van der Waals surface area contributed by atoms with E-state index < -0.39 is 17.4 Å². The Morgan fingerprint density at radius 3 is 2.67 bits per heavy atom. The number of carbonyl (C=O) groups is 1. The Morgan fingerprint density at radius 1 is 1.05 bits per heavy atom. The predicted molar refractivity (Wildman–Crippen MR) is 74.7 cm³/mol. The average molecular weight is 288 g/mol. The molecule has 2 aromatic carbocycles. The van der Waals surface area contributed by atoms with E-state index in [0.29, 0.717) is 11.8 Å². The zero-order valence-electron chi connectivity index (χ0n) is 11.4. The third-order valence-electron chi connectivity index (χ3n) is 3.67. The fourth-order valence-corrected chi connectivity index (χ4v) is 2.58.